The van der Waals surface area contributed by atoms with Crippen molar-refractivity contribution in [3.8, 4) is 0 Å². The molecule has 92 valence electrons. The van der Waals surface area contributed by atoms with E-state index in [0.717, 1.165) is 6.26 Å². The molecule has 0 aliphatic carbocycles. The minimum atomic E-state index is -3.21. The smallest absolute Gasteiger partial charge is 0.209 e. The third kappa shape index (κ3) is 5.19. The van der Waals surface area contributed by atoms with Crippen LogP contribution in [0.1, 0.15) is 13.8 Å². The van der Waals surface area contributed by atoms with Crippen LogP contribution in [-0.2, 0) is 10.0 Å². The standard InChI is InChI=1S/C7H13BrN4O2S2/c1-7(2,12-16(3,13)14)4-9-6-11-10-5(8)15-6/h12H,4H2,1-3H3,(H,9,11). The number of anilines is 1. The van der Waals surface area contributed by atoms with Crippen LogP contribution in [-0.4, -0.2) is 37.0 Å². The van der Waals surface area contributed by atoms with Crippen LogP contribution in [0.4, 0.5) is 5.13 Å². The zero-order valence-corrected chi connectivity index (χ0v) is 12.3. The van der Waals surface area contributed by atoms with E-state index >= 15 is 0 Å². The minimum absolute atomic E-state index is 0.432. The Kier molecular flexibility index (Phi) is 4.27. The van der Waals surface area contributed by atoms with E-state index in [0.29, 0.717) is 15.6 Å². The summed E-state index contributed by atoms with van der Waals surface area (Å²) in [6.07, 6.45) is 1.14. The monoisotopic (exact) mass is 328 g/mol. The van der Waals surface area contributed by atoms with Gasteiger partial charge in [-0.1, -0.05) is 11.3 Å². The molecule has 0 bridgehead atoms. The Morgan fingerprint density at radius 3 is 2.50 bits per heavy atom. The molecule has 1 rings (SSSR count). The first-order chi connectivity index (χ1) is 7.18. The summed E-state index contributed by atoms with van der Waals surface area (Å²) in [5.74, 6) is 0. The molecule has 0 saturated heterocycles. The highest BCUT2D eigenvalue weighted by atomic mass is 79.9. The molecule has 0 unspecified atom stereocenters. The number of rotatable bonds is 5. The third-order valence-electron chi connectivity index (χ3n) is 1.54. The number of halogens is 1. The Morgan fingerprint density at radius 1 is 1.44 bits per heavy atom. The first-order valence-electron chi connectivity index (χ1n) is 4.40. The molecule has 0 aliphatic rings. The van der Waals surface area contributed by atoms with Gasteiger partial charge in [0.15, 0.2) is 3.92 Å². The minimum Gasteiger partial charge on any atom is -0.358 e. The van der Waals surface area contributed by atoms with Gasteiger partial charge in [0.05, 0.1) is 6.26 Å². The molecular formula is C7H13BrN4O2S2. The van der Waals surface area contributed by atoms with Gasteiger partial charge in [-0.3, -0.25) is 0 Å². The topological polar surface area (TPSA) is 84.0 Å². The molecule has 1 aromatic rings. The highest BCUT2D eigenvalue weighted by Gasteiger charge is 2.22. The van der Waals surface area contributed by atoms with Crippen molar-refractivity contribution >= 4 is 42.4 Å². The maximum absolute atomic E-state index is 11.1. The van der Waals surface area contributed by atoms with Gasteiger partial charge in [0, 0.05) is 12.1 Å². The number of aromatic nitrogens is 2. The summed E-state index contributed by atoms with van der Waals surface area (Å²) < 4.78 is 25.4. The van der Waals surface area contributed by atoms with Gasteiger partial charge < -0.3 is 5.32 Å². The van der Waals surface area contributed by atoms with Crippen LogP contribution in [0, 0.1) is 0 Å². The maximum Gasteiger partial charge on any atom is 0.209 e. The van der Waals surface area contributed by atoms with Gasteiger partial charge >= 0.3 is 0 Å². The Bertz CT molecular complexity index is 457. The average Bonchev–Trinajstić information content (AvgIpc) is 2.44. The van der Waals surface area contributed by atoms with Crippen molar-refractivity contribution in [1.29, 1.82) is 0 Å². The maximum atomic E-state index is 11.1. The molecular weight excluding hydrogens is 316 g/mol. The van der Waals surface area contributed by atoms with Crippen LogP contribution < -0.4 is 10.0 Å². The lowest BCUT2D eigenvalue weighted by molar-refractivity contribution is 0.476. The SMILES string of the molecule is CC(C)(CNc1nnc(Br)s1)NS(C)(=O)=O. The van der Waals surface area contributed by atoms with Gasteiger partial charge in [0.25, 0.3) is 0 Å². The predicted octanol–water partition coefficient (Wildman–Crippen LogP) is 1.04. The predicted molar refractivity (Wildman–Crippen MR) is 68.2 cm³/mol. The van der Waals surface area contributed by atoms with Gasteiger partial charge in [-0.15, -0.1) is 10.2 Å². The van der Waals surface area contributed by atoms with Crippen molar-refractivity contribution in [3.05, 3.63) is 3.92 Å². The summed E-state index contributed by atoms with van der Waals surface area (Å²) in [5, 5.41) is 11.3. The number of nitrogens with one attached hydrogen (secondary N) is 2. The van der Waals surface area contributed by atoms with Gasteiger partial charge in [0.2, 0.25) is 15.2 Å². The van der Waals surface area contributed by atoms with Crippen LogP contribution in [0.2, 0.25) is 0 Å². The molecule has 0 amide bonds. The van der Waals surface area contributed by atoms with E-state index in [-0.39, 0.29) is 0 Å². The zero-order chi connectivity index (χ0) is 12.4. The van der Waals surface area contributed by atoms with E-state index in [1.54, 1.807) is 13.8 Å². The quantitative estimate of drug-likeness (QED) is 0.843. The Morgan fingerprint density at radius 2 is 2.06 bits per heavy atom. The van der Waals surface area contributed by atoms with E-state index in [2.05, 4.69) is 36.2 Å². The lowest BCUT2D eigenvalue weighted by Gasteiger charge is -2.24. The molecule has 0 atom stereocenters. The Labute approximate surface area is 107 Å². The van der Waals surface area contributed by atoms with Crippen LogP contribution in [0.15, 0.2) is 3.92 Å². The number of nitrogens with zero attached hydrogens (tertiary/aromatic N) is 2. The molecule has 9 heteroatoms. The van der Waals surface area contributed by atoms with Crippen LogP contribution >= 0.6 is 27.3 Å². The first-order valence-corrected chi connectivity index (χ1v) is 7.90. The second-order valence-corrected chi connectivity index (χ2v) is 7.97. The first kappa shape index (κ1) is 13.8. The van der Waals surface area contributed by atoms with Crippen LogP contribution in [0.25, 0.3) is 0 Å². The molecule has 0 radical (unpaired) electrons. The highest BCUT2D eigenvalue weighted by Crippen LogP contribution is 2.20. The van der Waals surface area contributed by atoms with E-state index in [9.17, 15) is 8.42 Å². The van der Waals surface area contributed by atoms with Crippen molar-refractivity contribution in [2.24, 2.45) is 0 Å². The summed E-state index contributed by atoms with van der Waals surface area (Å²) in [4.78, 5) is 0. The number of sulfonamides is 1. The molecule has 0 saturated carbocycles. The fourth-order valence-corrected chi connectivity index (χ4v) is 3.19. The summed E-state index contributed by atoms with van der Waals surface area (Å²) >= 11 is 4.55. The largest absolute Gasteiger partial charge is 0.358 e. The van der Waals surface area contributed by atoms with Gasteiger partial charge in [-0.25, -0.2) is 13.1 Å². The second kappa shape index (κ2) is 4.94. The van der Waals surface area contributed by atoms with Crippen molar-refractivity contribution in [2.45, 2.75) is 19.4 Å². The fourth-order valence-electron chi connectivity index (χ4n) is 1.11. The van der Waals surface area contributed by atoms with Crippen molar-refractivity contribution < 1.29 is 8.42 Å². The van der Waals surface area contributed by atoms with Crippen LogP contribution in [0.5, 0.6) is 0 Å². The Hall–Kier alpha value is -0.250. The van der Waals surface area contributed by atoms with E-state index in [1.807, 2.05) is 0 Å². The number of hydrogen-bond acceptors (Lipinski definition) is 6. The van der Waals surface area contributed by atoms with Gasteiger partial charge in [-0.05, 0) is 29.8 Å². The summed E-state index contributed by atoms with van der Waals surface area (Å²) in [6.45, 7) is 4.01. The van der Waals surface area contributed by atoms with Gasteiger partial charge in [-0.2, -0.15) is 0 Å². The van der Waals surface area contributed by atoms with Crippen molar-refractivity contribution in [3.63, 3.8) is 0 Å². The lowest BCUT2D eigenvalue weighted by atomic mass is 10.1. The van der Waals surface area contributed by atoms with Crippen molar-refractivity contribution in [1.82, 2.24) is 14.9 Å². The molecule has 2 N–H and O–H groups in total. The van der Waals surface area contributed by atoms with E-state index < -0.39 is 15.6 Å². The molecule has 1 heterocycles. The number of hydrogen-bond donors (Lipinski definition) is 2. The highest BCUT2D eigenvalue weighted by molar-refractivity contribution is 9.11. The average molecular weight is 329 g/mol. The third-order valence-corrected chi connectivity index (χ3v) is 3.78. The Balaban J connectivity index is 2.54. The van der Waals surface area contributed by atoms with E-state index in [1.165, 1.54) is 11.3 Å². The second-order valence-electron chi connectivity index (χ2n) is 3.97. The normalized spacial score (nSPS) is 12.8. The summed E-state index contributed by atoms with van der Waals surface area (Å²) in [5.41, 5.74) is -0.578. The molecule has 16 heavy (non-hydrogen) atoms. The molecule has 0 spiro atoms. The molecule has 0 aromatic carbocycles. The van der Waals surface area contributed by atoms with E-state index in [4.69, 9.17) is 0 Å². The fraction of sp³-hybridized carbons (Fsp3) is 0.714. The van der Waals surface area contributed by atoms with Crippen molar-refractivity contribution in [2.75, 3.05) is 18.1 Å². The van der Waals surface area contributed by atoms with Gasteiger partial charge in [0.1, 0.15) is 0 Å². The molecule has 6 nitrogen and oxygen atoms in total. The zero-order valence-electron chi connectivity index (χ0n) is 9.11. The molecule has 0 fully saturated rings. The molecule has 1 aromatic heterocycles. The molecule has 0 aliphatic heterocycles. The lowest BCUT2D eigenvalue weighted by Crippen LogP contribution is -2.47. The summed E-state index contributed by atoms with van der Waals surface area (Å²) in [7, 11) is -3.21. The summed E-state index contributed by atoms with van der Waals surface area (Å²) in [6, 6.07) is 0. The van der Waals surface area contributed by atoms with Crippen LogP contribution in [0.3, 0.4) is 0 Å².